The Morgan fingerprint density at radius 1 is 1.41 bits per heavy atom. The highest BCUT2D eigenvalue weighted by Gasteiger charge is 2.19. The van der Waals surface area contributed by atoms with Gasteiger partial charge >= 0.3 is 5.69 Å². The fourth-order valence-corrected chi connectivity index (χ4v) is 2.31. The van der Waals surface area contributed by atoms with E-state index in [0.717, 1.165) is 0 Å². The van der Waals surface area contributed by atoms with Crippen molar-refractivity contribution in [2.75, 3.05) is 7.11 Å². The molecular weight excluding hydrogens is 354 g/mol. The molecule has 0 aliphatic heterocycles. The highest BCUT2D eigenvalue weighted by Crippen LogP contribution is 2.33. The maximum atomic E-state index is 11.2. The average molecular weight is 366 g/mol. The van der Waals surface area contributed by atoms with Crippen molar-refractivity contribution >= 4 is 17.7 Å². The van der Waals surface area contributed by atoms with Crippen molar-refractivity contribution in [3.63, 3.8) is 0 Å². The van der Waals surface area contributed by atoms with Gasteiger partial charge in [-0.25, -0.2) is 0 Å². The number of carboxylic acid groups (broad SMARTS) is 1. The molecule has 0 unspecified atom stereocenters. The molecule has 0 saturated carbocycles. The molecule has 0 atom stereocenters. The van der Waals surface area contributed by atoms with E-state index in [1.165, 1.54) is 42.3 Å². The van der Waals surface area contributed by atoms with Crippen molar-refractivity contribution in [2.45, 2.75) is 13.0 Å². The number of nitrogens with zero attached hydrogens (tertiary/aromatic N) is 5. The predicted octanol–water partition coefficient (Wildman–Crippen LogP) is 1.04. The van der Waals surface area contributed by atoms with Gasteiger partial charge in [0.1, 0.15) is 17.7 Å². The number of nitriles is 2. The van der Waals surface area contributed by atoms with E-state index in [1.54, 1.807) is 12.1 Å². The van der Waals surface area contributed by atoms with Gasteiger partial charge in [0.05, 0.1) is 17.7 Å². The Labute approximate surface area is 153 Å². The Balaban J connectivity index is 2.60. The first-order valence-corrected chi connectivity index (χ1v) is 7.51. The zero-order chi connectivity index (χ0) is 20.0. The number of ether oxygens (including phenoxy) is 1. The maximum Gasteiger partial charge on any atom is 0.311 e. The van der Waals surface area contributed by atoms with Crippen LogP contribution in [-0.4, -0.2) is 27.8 Å². The van der Waals surface area contributed by atoms with Gasteiger partial charge in [0, 0.05) is 42.3 Å². The number of nitro benzene ring substituents is 1. The van der Waals surface area contributed by atoms with Gasteiger partial charge in [0.15, 0.2) is 5.75 Å². The predicted molar refractivity (Wildman–Crippen MR) is 89.7 cm³/mol. The summed E-state index contributed by atoms with van der Waals surface area (Å²) in [4.78, 5) is 21.3. The molecule has 10 nitrogen and oxygen atoms in total. The number of aryl methyl sites for hydroxylation is 1. The first-order valence-electron chi connectivity index (χ1n) is 7.51. The molecule has 1 aromatic carbocycles. The van der Waals surface area contributed by atoms with E-state index in [9.17, 15) is 20.0 Å². The second-order valence-corrected chi connectivity index (χ2v) is 5.24. The summed E-state index contributed by atoms with van der Waals surface area (Å²) in [5, 5.41) is 44.0. The van der Waals surface area contributed by atoms with E-state index in [2.05, 4.69) is 5.10 Å². The fraction of sp³-hybridized carbons (Fsp3) is 0.176. The molecule has 27 heavy (non-hydrogen) atoms. The van der Waals surface area contributed by atoms with E-state index in [1.807, 2.05) is 0 Å². The van der Waals surface area contributed by atoms with Crippen LogP contribution in [0, 0.1) is 32.8 Å². The van der Waals surface area contributed by atoms with Crippen molar-refractivity contribution in [1.82, 2.24) is 9.78 Å². The summed E-state index contributed by atoms with van der Waals surface area (Å²) in [5.74, 6) is -1.20. The highest BCUT2D eigenvalue weighted by molar-refractivity contribution is 5.77. The molecule has 0 amide bonds. The van der Waals surface area contributed by atoms with Crippen LogP contribution in [0.4, 0.5) is 5.69 Å². The Morgan fingerprint density at radius 3 is 2.67 bits per heavy atom. The first kappa shape index (κ1) is 19.1. The Bertz CT molecular complexity index is 994. The number of carbonyl (C=O) groups excluding carboxylic acids is 1. The number of nitro groups is 1. The third kappa shape index (κ3) is 4.46. The molecule has 136 valence electrons. The molecule has 2 aromatic rings. The molecule has 0 spiro atoms. The molecule has 10 heteroatoms. The van der Waals surface area contributed by atoms with Crippen molar-refractivity contribution in [2.24, 2.45) is 0 Å². The summed E-state index contributed by atoms with van der Waals surface area (Å²) in [6.07, 6.45) is 2.42. The van der Waals surface area contributed by atoms with Gasteiger partial charge in [-0.1, -0.05) is 0 Å². The third-order valence-electron chi connectivity index (χ3n) is 3.52. The zero-order valence-corrected chi connectivity index (χ0v) is 14.1. The number of carbonyl (C=O) groups is 1. The van der Waals surface area contributed by atoms with Crippen molar-refractivity contribution in [3.05, 3.63) is 45.6 Å². The number of hydrogen-bond donors (Lipinski definition) is 0. The number of aliphatic carboxylic acids is 1. The van der Waals surface area contributed by atoms with Crippen LogP contribution < -0.4 is 9.84 Å². The molecule has 0 bridgehead atoms. The molecule has 0 fully saturated rings. The van der Waals surface area contributed by atoms with E-state index in [-0.39, 0.29) is 35.7 Å². The van der Waals surface area contributed by atoms with Crippen LogP contribution in [0.5, 0.6) is 5.75 Å². The Morgan fingerprint density at radius 2 is 2.11 bits per heavy atom. The lowest BCUT2D eigenvalue weighted by Crippen LogP contribution is -2.23. The second-order valence-electron chi connectivity index (χ2n) is 5.24. The summed E-state index contributed by atoms with van der Waals surface area (Å²) in [5.41, 5.74) is 0.456. The first-order chi connectivity index (χ1) is 12.9. The van der Waals surface area contributed by atoms with Gasteiger partial charge < -0.3 is 14.6 Å². The number of aromatic nitrogens is 2. The summed E-state index contributed by atoms with van der Waals surface area (Å²) >= 11 is 0. The smallest absolute Gasteiger partial charge is 0.311 e. The van der Waals surface area contributed by atoms with E-state index < -0.39 is 10.9 Å². The lowest BCUT2D eigenvalue weighted by Gasteiger charge is -2.04. The van der Waals surface area contributed by atoms with Crippen LogP contribution in [-0.2, 0) is 11.3 Å². The highest BCUT2D eigenvalue weighted by atomic mass is 16.6. The number of carboxylic acids is 1. The fourth-order valence-electron chi connectivity index (χ4n) is 2.31. The molecule has 1 heterocycles. The van der Waals surface area contributed by atoms with Gasteiger partial charge in [-0.3, -0.25) is 14.8 Å². The lowest BCUT2D eigenvalue weighted by molar-refractivity contribution is -0.385. The number of allylic oxidation sites excluding steroid dienone is 1. The molecule has 2 rings (SSSR count). The number of benzene rings is 1. The zero-order valence-electron chi connectivity index (χ0n) is 14.1. The standard InChI is InChI=1S/C17H13N5O5/c1-27-15-3-2-12(7-14(15)22(25)26)17-13(6-11(8-18)9-19)10-21(20-17)5-4-16(23)24/h2-3,6-7,10H,4-5H2,1H3,(H,23,24)/p-1. The van der Waals surface area contributed by atoms with Crippen LogP contribution in [0.1, 0.15) is 12.0 Å². The van der Waals surface area contributed by atoms with Crippen LogP contribution in [0.25, 0.3) is 17.3 Å². The minimum absolute atomic E-state index is 0.00411. The van der Waals surface area contributed by atoms with Gasteiger partial charge in [0.2, 0.25) is 0 Å². The van der Waals surface area contributed by atoms with E-state index in [4.69, 9.17) is 15.3 Å². The molecule has 0 saturated heterocycles. The number of rotatable bonds is 7. The van der Waals surface area contributed by atoms with Gasteiger partial charge in [-0.2, -0.15) is 15.6 Å². The topological polar surface area (TPSA) is 158 Å². The Hall–Kier alpha value is -4.18. The summed E-state index contributed by atoms with van der Waals surface area (Å²) < 4.78 is 6.26. The monoisotopic (exact) mass is 366 g/mol. The van der Waals surface area contributed by atoms with Gasteiger partial charge in [0.25, 0.3) is 0 Å². The largest absolute Gasteiger partial charge is 0.550 e. The summed E-state index contributed by atoms with van der Waals surface area (Å²) in [7, 11) is 1.30. The third-order valence-corrected chi connectivity index (χ3v) is 3.52. The molecule has 1 aromatic heterocycles. The minimum atomic E-state index is -1.26. The van der Waals surface area contributed by atoms with Crippen LogP contribution in [0.2, 0.25) is 0 Å². The quantitative estimate of drug-likeness (QED) is 0.399. The lowest BCUT2D eigenvalue weighted by atomic mass is 10.1. The van der Waals surface area contributed by atoms with E-state index in [0.29, 0.717) is 11.1 Å². The minimum Gasteiger partial charge on any atom is -0.550 e. The molecule has 0 radical (unpaired) electrons. The number of hydrogen-bond acceptors (Lipinski definition) is 8. The summed E-state index contributed by atoms with van der Waals surface area (Å²) in [6, 6.07) is 7.62. The maximum absolute atomic E-state index is 11.2. The molecule has 0 aliphatic carbocycles. The van der Waals surface area contributed by atoms with E-state index >= 15 is 0 Å². The van der Waals surface area contributed by atoms with Crippen LogP contribution in [0.15, 0.2) is 30.0 Å². The van der Waals surface area contributed by atoms with Crippen molar-refractivity contribution in [3.8, 4) is 29.1 Å². The van der Waals surface area contributed by atoms with Crippen molar-refractivity contribution in [1.29, 1.82) is 10.5 Å². The second kappa shape index (κ2) is 8.27. The number of methoxy groups -OCH3 is 1. The summed E-state index contributed by atoms with van der Waals surface area (Å²) in [6.45, 7) is -0.00411. The normalized spacial score (nSPS) is 9.74. The molecule has 0 aliphatic rings. The van der Waals surface area contributed by atoms with Gasteiger partial charge in [-0.05, 0) is 18.2 Å². The molecule has 0 N–H and O–H groups in total. The molecular formula is C17H12N5O5-. The van der Waals surface area contributed by atoms with Crippen LogP contribution >= 0.6 is 0 Å². The Kier molecular flexibility index (Phi) is 5.86. The average Bonchev–Trinajstić information content (AvgIpc) is 3.06. The van der Waals surface area contributed by atoms with Crippen LogP contribution in [0.3, 0.4) is 0 Å². The van der Waals surface area contributed by atoms with Crippen molar-refractivity contribution < 1.29 is 19.6 Å². The van der Waals surface area contributed by atoms with Gasteiger partial charge in [-0.15, -0.1) is 0 Å². The SMILES string of the molecule is COc1ccc(-c2nn(CCC(=O)[O-])cc2C=C(C#N)C#N)cc1[N+](=O)[O-].